The second-order valence-corrected chi connectivity index (χ2v) is 5.39. The minimum Gasteiger partial charge on any atom is -0.479 e. The fraction of sp³-hybridized carbons (Fsp3) is 0.312. The normalized spacial score (nSPS) is 21.8. The summed E-state index contributed by atoms with van der Waals surface area (Å²) in [4.78, 5) is 29.5. The van der Waals surface area contributed by atoms with Gasteiger partial charge in [0.1, 0.15) is 0 Å². The van der Waals surface area contributed by atoms with Crippen LogP contribution in [0.3, 0.4) is 0 Å². The molecule has 2 heterocycles. The third kappa shape index (κ3) is 2.65. The predicted octanol–water partition coefficient (Wildman–Crippen LogP) is 1.55. The number of nitrogens with zero attached hydrogens (tertiary/aromatic N) is 2. The Bertz CT molecular complexity index is 726. The Hall–Kier alpha value is -2.47. The number of rotatable bonds is 2. The average Bonchev–Trinajstić information content (AvgIpc) is 2.53. The first-order valence-electron chi connectivity index (χ1n) is 7.06. The van der Waals surface area contributed by atoms with E-state index in [4.69, 9.17) is 9.84 Å². The number of aliphatic carboxylic acids is 1. The highest BCUT2D eigenvalue weighted by molar-refractivity contribution is 6.06. The molecule has 6 heteroatoms. The van der Waals surface area contributed by atoms with Crippen LogP contribution in [-0.2, 0) is 9.53 Å². The van der Waals surface area contributed by atoms with Crippen molar-refractivity contribution in [3.05, 3.63) is 42.2 Å². The first-order valence-corrected chi connectivity index (χ1v) is 7.06. The van der Waals surface area contributed by atoms with E-state index in [-0.39, 0.29) is 18.6 Å². The number of morpholine rings is 1. The summed E-state index contributed by atoms with van der Waals surface area (Å²) >= 11 is 0. The first-order chi connectivity index (χ1) is 10.6. The molecule has 114 valence electrons. The second kappa shape index (κ2) is 5.73. The number of carboxylic acid groups (broad SMARTS) is 1. The van der Waals surface area contributed by atoms with Crippen LogP contribution in [0.4, 0.5) is 0 Å². The predicted molar refractivity (Wildman–Crippen MR) is 79.6 cm³/mol. The Morgan fingerprint density at radius 1 is 1.27 bits per heavy atom. The van der Waals surface area contributed by atoms with E-state index in [2.05, 4.69) is 4.98 Å². The van der Waals surface area contributed by atoms with Crippen LogP contribution in [0.15, 0.2) is 36.7 Å². The summed E-state index contributed by atoms with van der Waals surface area (Å²) in [6.45, 7) is 2.17. The molecule has 1 amide bonds. The molecule has 1 saturated heterocycles. The average molecular weight is 300 g/mol. The van der Waals surface area contributed by atoms with E-state index in [0.717, 1.165) is 10.8 Å². The van der Waals surface area contributed by atoms with Gasteiger partial charge >= 0.3 is 5.97 Å². The van der Waals surface area contributed by atoms with Crippen molar-refractivity contribution in [2.45, 2.75) is 19.1 Å². The molecule has 1 unspecified atom stereocenters. The summed E-state index contributed by atoms with van der Waals surface area (Å²) in [7, 11) is 0. The molecule has 0 bridgehead atoms. The van der Waals surface area contributed by atoms with Crippen molar-refractivity contribution in [3.8, 4) is 0 Å². The molecule has 22 heavy (non-hydrogen) atoms. The van der Waals surface area contributed by atoms with Crippen molar-refractivity contribution in [2.75, 3.05) is 13.1 Å². The zero-order valence-electron chi connectivity index (χ0n) is 12.1. The van der Waals surface area contributed by atoms with Gasteiger partial charge in [0.25, 0.3) is 5.91 Å². The Morgan fingerprint density at radius 2 is 2.05 bits per heavy atom. The maximum atomic E-state index is 12.8. The fourth-order valence-electron chi connectivity index (χ4n) is 2.71. The van der Waals surface area contributed by atoms with E-state index < -0.39 is 12.1 Å². The lowest BCUT2D eigenvalue weighted by Crippen LogP contribution is -2.51. The van der Waals surface area contributed by atoms with E-state index in [1.54, 1.807) is 13.1 Å². The maximum absolute atomic E-state index is 12.8. The van der Waals surface area contributed by atoms with Crippen LogP contribution in [0.5, 0.6) is 0 Å². The van der Waals surface area contributed by atoms with E-state index in [1.807, 2.05) is 24.3 Å². The molecule has 1 aliphatic rings. The minimum absolute atomic E-state index is 0.0434. The number of hydrogen-bond donors (Lipinski definition) is 1. The van der Waals surface area contributed by atoms with Gasteiger partial charge in [-0.25, -0.2) is 4.79 Å². The van der Waals surface area contributed by atoms with Crippen LogP contribution in [-0.4, -0.2) is 52.2 Å². The van der Waals surface area contributed by atoms with Crippen molar-refractivity contribution in [1.82, 2.24) is 9.88 Å². The van der Waals surface area contributed by atoms with Crippen molar-refractivity contribution in [1.29, 1.82) is 0 Å². The Balaban J connectivity index is 1.93. The SMILES string of the molecule is C[C@@H]1CN(C(=O)c2cncc3ccccc23)CC(C(=O)O)O1. The summed E-state index contributed by atoms with van der Waals surface area (Å²) in [5.41, 5.74) is 0.483. The second-order valence-electron chi connectivity index (χ2n) is 5.39. The topological polar surface area (TPSA) is 79.7 Å². The van der Waals surface area contributed by atoms with Gasteiger partial charge in [-0.2, -0.15) is 0 Å². The number of benzene rings is 1. The Labute approximate surface area is 127 Å². The zero-order valence-corrected chi connectivity index (χ0v) is 12.1. The van der Waals surface area contributed by atoms with Gasteiger partial charge in [-0.05, 0) is 12.3 Å². The van der Waals surface area contributed by atoms with Gasteiger partial charge in [0.2, 0.25) is 0 Å². The number of ether oxygens (including phenoxy) is 1. The number of amides is 1. The van der Waals surface area contributed by atoms with Gasteiger partial charge in [-0.1, -0.05) is 24.3 Å². The molecule has 1 aliphatic heterocycles. The molecule has 1 fully saturated rings. The number of aromatic nitrogens is 1. The van der Waals surface area contributed by atoms with Gasteiger partial charge in [0.15, 0.2) is 6.10 Å². The van der Waals surface area contributed by atoms with Gasteiger partial charge in [-0.3, -0.25) is 9.78 Å². The molecular weight excluding hydrogens is 284 g/mol. The number of carbonyl (C=O) groups is 2. The molecule has 0 saturated carbocycles. The highest BCUT2D eigenvalue weighted by Crippen LogP contribution is 2.21. The molecule has 0 aliphatic carbocycles. The third-order valence-corrected chi connectivity index (χ3v) is 3.72. The molecule has 1 aromatic heterocycles. The summed E-state index contributed by atoms with van der Waals surface area (Å²) in [5.74, 6) is -1.27. The minimum atomic E-state index is -1.06. The molecule has 3 rings (SSSR count). The van der Waals surface area contributed by atoms with Crippen molar-refractivity contribution < 1.29 is 19.4 Å². The van der Waals surface area contributed by atoms with E-state index in [1.165, 1.54) is 11.1 Å². The zero-order chi connectivity index (χ0) is 15.7. The van der Waals surface area contributed by atoms with Crippen LogP contribution in [0, 0.1) is 0 Å². The van der Waals surface area contributed by atoms with Gasteiger partial charge in [0.05, 0.1) is 18.2 Å². The standard InChI is InChI=1S/C16H16N2O4/c1-10-8-18(9-14(22-10)16(20)21)15(19)13-7-17-6-11-4-2-3-5-12(11)13/h2-7,10,14H,8-9H2,1H3,(H,20,21)/t10-,14?/m1/s1. The van der Waals surface area contributed by atoms with Crippen LogP contribution in [0.1, 0.15) is 17.3 Å². The van der Waals surface area contributed by atoms with Crippen LogP contribution in [0.25, 0.3) is 10.8 Å². The fourth-order valence-corrected chi connectivity index (χ4v) is 2.71. The van der Waals surface area contributed by atoms with Crippen molar-refractivity contribution >= 4 is 22.6 Å². The van der Waals surface area contributed by atoms with Crippen LogP contribution in [0.2, 0.25) is 0 Å². The largest absolute Gasteiger partial charge is 0.479 e. The Kier molecular flexibility index (Phi) is 3.77. The van der Waals surface area contributed by atoms with Gasteiger partial charge in [0, 0.05) is 24.3 Å². The number of carbonyl (C=O) groups excluding carboxylic acids is 1. The number of carboxylic acids is 1. The summed E-state index contributed by atoms with van der Waals surface area (Å²) in [6.07, 6.45) is 1.92. The number of hydrogen-bond acceptors (Lipinski definition) is 4. The molecule has 1 N–H and O–H groups in total. The molecular formula is C16H16N2O4. The monoisotopic (exact) mass is 300 g/mol. The highest BCUT2D eigenvalue weighted by Gasteiger charge is 2.33. The summed E-state index contributed by atoms with van der Waals surface area (Å²) in [6, 6.07) is 7.50. The van der Waals surface area contributed by atoms with E-state index in [0.29, 0.717) is 12.1 Å². The van der Waals surface area contributed by atoms with Gasteiger partial charge < -0.3 is 14.7 Å². The molecule has 2 atom stereocenters. The highest BCUT2D eigenvalue weighted by atomic mass is 16.5. The van der Waals surface area contributed by atoms with Gasteiger partial charge in [-0.15, -0.1) is 0 Å². The smallest absolute Gasteiger partial charge is 0.334 e. The Morgan fingerprint density at radius 3 is 2.82 bits per heavy atom. The summed E-state index contributed by atoms with van der Waals surface area (Å²) < 4.78 is 5.34. The lowest BCUT2D eigenvalue weighted by Gasteiger charge is -2.35. The maximum Gasteiger partial charge on any atom is 0.334 e. The molecule has 6 nitrogen and oxygen atoms in total. The van der Waals surface area contributed by atoms with Crippen molar-refractivity contribution in [3.63, 3.8) is 0 Å². The van der Waals surface area contributed by atoms with E-state index in [9.17, 15) is 9.59 Å². The lowest BCUT2D eigenvalue weighted by molar-refractivity contribution is -0.160. The van der Waals surface area contributed by atoms with Crippen LogP contribution < -0.4 is 0 Å². The number of fused-ring (bicyclic) bond motifs is 1. The molecule has 1 aromatic carbocycles. The third-order valence-electron chi connectivity index (χ3n) is 3.72. The van der Waals surface area contributed by atoms with Crippen LogP contribution >= 0.6 is 0 Å². The van der Waals surface area contributed by atoms with Crippen molar-refractivity contribution in [2.24, 2.45) is 0 Å². The quantitative estimate of drug-likeness (QED) is 0.910. The molecule has 2 aromatic rings. The number of pyridine rings is 1. The molecule has 0 spiro atoms. The molecule has 0 radical (unpaired) electrons. The lowest BCUT2D eigenvalue weighted by atomic mass is 10.1. The summed E-state index contributed by atoms with van der Waals surface area (Å²) in [5, 5.41) is 10.8. The first kappa shape index (κ1) is 14.5. The van der Waals surface area contributed by atoms with E-state index >= 15 is 0 Å².